The molecule has 0 aliphatic carbocycles. The Morgan fingerprint density at radius 1 is 1.21 bits per heavy atom. The van der Waals surface area contributed by atoms with E-state index in [1.54, 1.807) is 0 Å². The molecule has 2 aromatic carbocycles. The first-order chi connectivity index (χ1) is 11.4. The molecule has 1 aliphatic heterocycles. The number of nitrogens with one attached hydrogen (secondary N) is 1. The van der Waals surface area contributed by atoms with E-state index in [4.69, 9.17) is 4.74 Å². The lowest BCUT2D eigenvalue weighted by Crippen LogP contribution is -2.40. The molecule has 0 saturated carbocycles. The predicted molar refractivity (Wildman–Crippen MR) is 96.7 cm³/mol. The fraction of sp³-hybridized carbons (Fsp3) is 0.350. The van der Waals surface area contributed by atoms with Crippen LogP contribution in [0.15, 0.2) is 48.5 Å². The lowest BCUT2D eigenvalue weighted by atomic mass is 10.0. The van der Waals surface area contributed by atoms with Crippen LogP contribution < -0.4 is 10.1 Å². The molecule has 1 N–H and O–H groups in total. The molecule has 4 heteroatoms. The number of Topliss-reactive ketones (excluding diaryl/α,β-unsaturated/α-hetero) is 1. The molecule has 0 amide bonds. The van der Waals surface area contributed by atoms with E-state index >= 15 is 0 Å². The molecule has 0 atom stereocenters. The quantitative estimate of drug-likeness (QED) is 0.854. The smallest absolute Gasteiger partial charge is 0.176 e. The maximum Gasteiger partial charge on any atom is 0.176 e. The largest absolute Gasteiger partial charge is 0.484 e. The molecule has 1 aliphatic rings. The molecule has 4 nitrogen and oxygen atoms in total. The molecule has 24 heavy (non-hydrogen) atoms. The first-order valence-corrected chi connectivity index (χ1v) is 8.25. The van der Waals surface area contributed by atoms with E-state index in [1.807, 2.05) is 62.2 Å². The summed E-state index contributed by atoms with van der Waals surface area (Å²) in [4.78, 5) is 14.6. The van der Waals surface area contributed by atoms with Gasteiger partial charge in [-0.1, -0.05) is 30.3 Å². The van der Waals surface area contributed by atoms with Crippen molar-refractivity contribution in [2.45, 2.75) is 26.0 Å². The summed E-state index contributed by atoms with van der Waals surface area (Å²) in [5.74, 6) is 0.920. The van der Waals surface area contributed by atoms with E-state index in [0.717, 1.165) is 24.5 Å². The van der Waals surface area contributed by atoms with Gasteiger partial charge in [-0.25, -0.2) is 0 Å². The van der Waals surface area contributed by atoms with Crippen molar-refractivity contribution in [1.82, 2.24) is 4.90 Å². The number of anilines is 1. The Hall–Kier alpha value is -2.33. The van der Waals surface area contributed by atoms with Gasteiger partial charge in [-0.15, -0.1) is 0 Å². The van der Waals surface area contributed by atoms with Crippen LogP contribution >= 0.6 is 0 Å². The number of likely N-dealkylation sites (N-methyl/N-ethyl adjacent to an activating group) is 1. The van der Waals surface area contributed by atoms with E-state index in [9.17, 15) is 4.79 Å². The molecule has 2 aromatic rings. The van der Waals surface area contributed by atoms with Crippen molar-refractivity contribution < 1.29 is 9.53 Å². The van der Waals surface area contributed by atoms with E-state index in [2.05, 4.69) is 17.4 Å². The maximum absolute atomic E-state index is 12.5. The van der Waals surface area contributed by atoms with Crippen LogP contribution in [0.1, 0.15) is 29.8 Å². The summed E-state index contributed by atoms with van der Waals surface area (Å²) in [6, 6.07) is 15.8. The molecular formula is C20H24N2O2. The Morgan fingerprint density at radius 2 is 1.96 bits per heavy atom. The highest BCUT2D eigenvalue weighted by Crippen LogP contribution is 2.33. The summed E-state index contributed by atoms with van der Waals surface area (Å²) in [5.41, 5.74) is 2.58. The Kier molecular flexibility index (Phi) is 4.58. The zero-order valence-electron chi connectivity index (χ0n) is 14.5. The third-order valence-electron chi connectivity index (χ3n) is 4.10. The third-order valence-corrected chi connectivity index (χ3v) is 4.10. The highest BCUT2D eigenvalue weighted by atomic mass is 16.5. The average Bonchev–Trinajstić information content (AvgIpc) is 2.54. The second-order valence-corrected chi connectivity index (χ2v) is 7.01. The zero-order chi connectivity index (χ0) is 17.2. The maximum atomic E-state index is 12.5. The van der Waals surface area contributed by atoms with Crippen LogP contribution in [0.4, 0.5) is 5.69 Å². The van der Waals surface area contributed by atoms with Crippen molar-refractivity contribution in [3.63, 3.8) is 0 Å². The van der Waals surface area contributed by atoms with E-state index in [0.29, 0.717) is 12.1 Å². The van der Waals surface area contributed by atoms with Gasteiger partial charge in [0.05, 0.1) is 18.8 Å². The average molecular weight is 324 g/mol. The number of carbonyl (C=O) groups is 1. The van der Waals surface area contributed by atoms with Gasteiger partial charge in [0.1, 0.15) is 11.4 Å². The van der Waals surface area contributed by atoms with E-state index in [1.165, 1.54) is 5.56 Å². The summed E-state index contributed by atoms with van der Waals surface area (Å²) >= 11 is 0. The molecule has 0 aromatic heterocycles. The minimum absolute atomic E-state index is 0.114. The molecule has 0 fully saturated rings. The number of fused-ring (bicyclic) bond motifs is 1. The van der Waals surface area contributed by atoms with Gasteiger partial charge >= 0.3 is 0 Å². The van der Waals surface area contributed by atoms with Crippen molar-refractivity contribution in [3.8, 4) is 5.75 Å². The van der Waals surface area contributed by atoms with Crippen LogP contribution in [-0.4, -0.2) is 36.4 Å². The minimum atomic E-state index is -0.228. The lowest BCUT2D eigenvalue weighted by Gasteiger charge is -2.33. The number of hydrogen-bond donors (Lipinski definition) is 1. The van der Waals surface area contributed by atoms with E-state index in [-0.39, 0.29) is 11.4 Å². The Labute approximate surface area is 143 Å². The van der Waals surface area contributed by atoms with Gasteiger partial charge in [0.2, 0.25) is 0 Å². The second kappa shape index (κ2) is 6.65. The van der Waals surface area contributed by atoms with Crippen LogP contribution in [-0.2, 0) is 6.54 Å². The molecule has 126 valence electrons. The van der Waals surface area contributed by atoms with E-state index < -0.39 is 0 Å². The molecule has 0 bridgehead atoms. The SMILES string of the molecule is CN(CC(=O)c1ccc2c(c1)NCC(C)(C)O2)Cc1ccccc1. The number of ether oxygens (including phenoxy) is 1. The van der Waals surface area contributed by atoms with Crippen molar-refractivity contribution in [2.75, 3.05) is 25.5 Å². The van der Waals surface area contributed by atoms with Gasteiger partial charge in [-0.2, -0.15) is 0 Å². The summed E-state index contributed by atoms with van der Waals surface area (Å²) < 4.78 is 5.93. The van der Waals surface area contributed by atoms with Crippen LogP contribution in [0.2, 0.25) is 0 Å². The summed E-state index contributed by atoms with van der Waals surface area (Å²) in [5, 5.41) is 3.35. The van der Waals surface area contributed by atoms with Crippen molar-refractivity contribution in [3.05, 3.63) is 59.7 Å². The van der Waals surface area contributed by atoms with Crippen molar-refractivity contribution in [2.24, 2.45) is 0 Å². The molecule has 0 saturated heterocycles. The highest BCUT2D eigenvalue weighted by Gasteiger charge is 2.26. The standard InChI is InChI=1S/C20H24N2O2/c1-20(2)14-21-17-11-16(9-10-19(17)24-20)18(23)13-22(3)12-15-7-5-4-6-8-15/h4-11,21H,12-14H2,1-3H3. The van der Waals surface area contributed by atoms with Crippen molar-refractivity contribution in [1.29, 1.82) is 0 Å². The summed E-state index contributed by atoms with van der Waals surface area (Å²) in [7, 11) is 1.97. The topological polar surface area (TPSA) is 41.6 Å². The Bertz CT molecular complexity index is 726. The fourth-order valence-corrected chi connectivity index (χ4v) is 2.86. The molecule has 0 radical (unpaired) electrons. The van der Waals surface area contributed by atoms with Crippen LogP contribution in [0.25, 0.3) is 0 Å². The number of ketones is 1. The fourth-order valence-electron chi connectivity index (χ4n) is 2.86. The Morgan fingerprint density at radius 3 is 2.71 bits per heavy atom. The number of hydrogen-bond acceptors (Lipinski definition) is 4. The molecular weight excluding hydrogens is 300 g/mol. The monoisotopic (exact) mass is 324 g/mol. The van der Waals surface area contributed by atoms with Gasteiger partial charge in [-0.05, 0) is 44.7 Å². The second-order valence-electron chi connectivity index (χ2n) is 7.01. The molecule has 0 spiro atoms. The third kappa shape index (κ3) is 3.95. The number of rotatable bonds is 5. The minimum Gasteiger partial charge on any atom is -0.484 e. The molecule has 0 unspecified atom stereocenters. The van der Waals surface area contributed by atoms with Gasteiger partial charge in [0.25, 0.3) is 0 Å². The van der Waals surface area contributed by atoms with Gasteiger partial charge in [0.15, 0.2) is 5.78 Å². The lowest BCUT2D eigenvalue weighted by molar-refractivity contribution is 0.0942. The number of nitrogens with zero attached hydrogens (tertiary/aromatic N) is 1. The van der Waals surface area contributed by atoms with Crippen LogP contribution in [0.5, 0.6) is 5.75 Å². The molecule has 1 heterocycles. The number of carbonyl (C=O) groups excluding carboxylic acids is 1. The first kappa shape index (κ1) is 16.5. The summed E-state index contributed by atoms with van der Waals surface area (Å²) in [6.45, 7) is 5.96. The zero-order valence-corrected chi connectivity index (χ0v) is 14.5. The number of benzene rings is 2. The Balaban J connectivity index is 1.65. The summed E-state index contributed by atoms with van der Waals surface area (Å²) in [6.07, 6.45) is 0. The molecule has 3 rings (SSSR count). The van der Waals surface area contributed by atoms with Crippen molar-refractivity contribution >= 4 is 11.5 Å². The first-order valence-electron chi connectivity index (χ1n) is 8.25. The van der Waals surface area contributed by atoms with Crippen LogP contribution in [0.3, 0.4) is 0 Å². The normalized spacial score (nSPS) is 15.3. The van der Waals surface area contributed by atoms with Gasteiger partial charge < -0.3 is 10.1 Å². The highest BCUT2D eigenvalue weighted by molar-refractivity contribution is 5.98. The predicted octanol–water partition coefficient (Wildman–Crippen LogP) is 3.58. The van der Waals surface area contributed by atoms with Crippen LogP contribution in [0, 0.1) is 0 Å². The van der Waals surface area contributed by atoms with Gasteiger partial charge in [0, 0.05) is 12.1 Å². The van der Waals surface area contributed by atoms with Gasteiger partial charge in [-0.3, -0.25) is 9.69 Å².